The zero-order valence-corrected chi connectivity index (χ0v) is 34.7. The van der Waals surface area contributed by atoms with Crippen LogP contribution in [0.15, 0.2) is 12.2 Å². The molecule has 0 aromatic heterocycles. The molecule has 55 heavy (non-hydrogen) atoms. The zero-order chi connectivity index (χ0) is 40.4. The van der Waals surface area contributed by atoms with Gasteiger partial charge in [-0.25, -0.2) is 4.79 Å². The molecule has 0 radical (unpaired) electrons. The molecule has 0 aromatic rings. The summed E-state index contributed by atoms with van der Waals surface area (Å²) in [5.74, 6) is -2.44. The fraction of sp³-hybridized carbons (Fsp3) is 0.886. The molecule has 0 saturated carbocycles. The Hall–Kier alpha value is -2.05. The molecular formula is C44H80O11. The molecule has 1 rings (SSSR count). The van der Waals surface area contributed by atoms with Crippen LogP contribution < -0.4 is 0 Å². The van der Waals surface area contributed by atoms with Crippen molar-refractivity contribution < 1.29 is 53.8 Å². The SMILES string of the molecule is CCCCCCCCC/C=C\CCCCCCCCCC(=O)OCC(COC1OC(C(=O)O)C(O)C(O)C1O)OC(=O)CCCCCCCCCCCCC. The van der Waals surface area contributed by atoms with Gasteiger partial charge in [0.05, 0.1) is 6.61 Å². The Morgan fingerprint density at radius 2 is 0.964 bits per heavy atom. The first-order valence-electron chi connectivity index (χ1n) is 22.2. The standard InChI is InChI=1S/C44H80O11/c1-3-5-7-9-11-13-15-16-17-18-19-20-21-23-24-26-28-30-32-37(45)52-34-36(35-53-44-41(49)39(47)40(48)42(55-44)43(50)51)54-38(46)33-31-29-27-25-22-14-12-10-8-6-4-2/h17-18,36,39-42,44,47-49H,3-16,19-35H2,1-2H3,(H,50,51)/b18-17-. The van der Waals surface area contributed by atoms with Crippen molar-refractivity contribution in [3.63, 3.8) is 0 Å². The number of hydrogen-bond donors (Lipinski definition) is 4. The van der Waals surface area contributed by atoms with Crippen molar-refractivity contribution in [1.82, 2.24) is 0 Å². The number of rotatable bonds is 37. The summed E-state index contributed by atoms with van der Waals surface area (Å²) in [7, 11) is 0. The van der Waals surface area contributed by atoms with E-state index in [0.29, 0.717) is 12.8 Å². The van der Waals surface area contributed by atoms with Crippen LogP contribution in [0, 0.1) is 0 Å². The van der Waals surface area contributed by atoms with Gasteiger partial charge in [-0.05, 0) is 38.5 Å². The number of ether oxygens (including phenoxy) is 4. The number of carboxylic acids is 1. The molecule has 6 atom stereocenters. The monoisotopic (exact) mass is 785 g/mol. The predicted molar refractivity (Wildman–Crippen MR) is 215 cm³/mol. The molecule has 11 nitrogen and oxygen atoms in total. The Bertz CT molecular complexity index is 973. The number of hydrogen-bond acceptors (Lipinski definition) is 10. The largest absolute Gasteiger partial charge is 0.479 e. The van der Waals surface area contributed by atoms with Gasteiger partial charge in [0.1, 0.15) is 24.9 Å². The molecule has 1 aliphatic heterocycles. The molecule has 0 aliphatic carbocycles. The van der Waals surface area contributed by atoms with Crippen molar-refractivity contribution in [3.8, 4) is 0 Å². The number of allylic oxidation sites excluding steroid dienone is 2. The highest BCUT2D eigenvalue weighted by Gasteiger charge is 2.47. The molecule has 0 amide bonds. The maximum Gasteiger partial charge on any atom is 0.335 e. The maximum absolute atomic E-state index is 12.7. The molecule has 0 aromatic carbocycles. The van der Waals surface area contributed by atoms with Crippen LogP contribution in [-0.2, 0) is 33.3 Å². The molecule has 322 valence electrons. The Morgan fingerprint density at radius 1 is 0.545 bits per heavy atom. The van der Waals surface area contributed by atoms with Gasteiger partial charge in [0.25, 0.3) is 0 Å². The van der Waals surface area contributed by atoms with E-state index in [0.717, 1.165) is 44.9 Å². The first kappa shape index (κ1) is 51.0. The van der Waals surface area contributed by atoms with Crippen LogP contribution in [-0.4, -0.2) is 88.4 Å². The average Bonchev–Trinajstić information content (AvgIpc) is 3.17. The lowest BCUT2D eigenvalue weighted by atomic mass is 9.99. The van der Waals surface area contributed by atoms with Crippen molar-refractivity contribution in [1.29, 1.82) is 0 Å². The zero-order valence-electron chi connectivity index (χ0n) is 34.7. The summed E-state index contributed by atoms with van der Waals surface area (Å²) < 4.78 is 21.7. The van der Waals surface area contributed by atoms with Crippen LogP contribution in [0.3, 0.4) is 0 Å². The normalized spacial score (nSPS) is 20.5. The minimum Gasteiger partial charge on any atom is -0.479 e. The third-order valence-electron chi connectivity index (χ3n) is 10.4. The third kappa shape index (κ3) is 27.3. The lowest BCUT2D eigenvalue weighted by molar-refractivity contribution is -0.298. The summed E-state index contributed by atoms with van der Waals surface area (Å²) in [5, 5.41) is 39.7. The van der Waals surface area contributed by atoms with Gasteiger partial charge in [-0.15, -0.1) is 0 Å². The smallest absolute Gasteiger partial charge is 0.335 e. The first-order valence-corrected chi connectivity index (χ1v) is 22.2. The second-order valence-corrected chi connectivity index (χ2v) is 15.5. The molecule has 11 heteroatoms. The van der Waals surface area contributed by atoms with Crippen LogP contribution in [0.25, 0.3) is 0 Å². The van der Waals surface area contributed by atoms with Crippen molar-refractivity contribution in [2.45, 2.75) is 237 Å². The Morgan fingerprint density at radius 3 is 1.42 bits per heavy atom. The van der Waals surface area contributed by atoms with Crippen molar-refractivity contribution >= 4 is 17.9 Å². The highest BCUT2D eigenvalue weighted by Crippen LogP contribution is 2.23. The van der Waals surface area contributed by atoms with Gasteiger partial charge in [-0.1, -0.05) is 161 Å². The van der Waals surface area contributed by atoms with Crippen LogP contribution in [0.2, 0.25) is 0 Å². The van der Waals surface area contributed by atoms with Gasteiger partial charge in [0, 0.05) is 12.8 Å². The van der Waals surface area contributed by atoms with Crippen molar-refractivity contribution in [3.05, 3.63) is 12.2 Å². The summed E-state index contributed by atoms with van der Waals surface area (Å²) in [4.78, 5) is 36.7. The summed E-state index contributed by atoms with van der Waals surface area (Å²) in [6, 6.07) is 0. The minimum absolute atomic E-state index is 0.187. The van der Waals surface area contributed by atoms with Crippen molar-refractivity contribution in [2.24, 2.45) is 0 Å². The third-order valence-corrected chi connectivity index (χ3v) is 10.4. The lowest BCUT2D eigenvalue weighted by Crippen LogP contribution is -2.60. The second-order valence-electron chi connectivity index (χ2n) is 15.5. The number of carboxylic acid groups (broad SMARTS) is 1. The number of esters is 2. The maximum atomic E-state index is 12.7. The van der Waals surface area contributed by atoms with E-state index in [4.69, 9.17) is 18.9 Å². The Balaban J connectivity index is 2.34. The highest BCUT2D eigenvalue weighted by molar-refractivity contribution is 5.73. The average molecular weight is 785 g/mol. The minimum atomic E-state index is -1.86. The summed E-state index contributed by atoms with van der Waals surface area (Å²) >= 11 is 0. The topological polar surface area (TPSA) is 169 Å². The Labute approximate surface area is 333 Å². The molecule has 1 saturated heterocycles. The molecule has 0 bridgehead atoms. The number of unbranched alkanes of at least 4 members (excludes halogenated alkanes) is 24. The Kier molecular flexibility index (Phi) is 32.6. The molecule has 1 fully saturated rings. The second kappa shape index (κ2) is 35.1. The van der Waals surface area contributed by atoms with Gasteiger partial charge in [-0.2, -0.15) is 0 Å². The molecular weight excluding hydrogens is 704 g/mol. The van der Waals surface area contributed by atoms with Crippen LogP contribution in [0.4, 0.5) is 0 Å². The van der Waals surface area contributed by atoms with E-state index in [1.54, 1.807) is 0 Å². The number of aliphatic hydroxyl groups excluding tert-OH is 3. The lowest BCUT2D eigenvalue weighted by Gasteiger charge is -2.38. The fourth-order valence-electron chi connectivity index (χ4n) is 6.81. The molecule has 1 heterocycles. The van der Waals surface area contributed by atoms with Gasteiger partial charge < -0.3 is 39.4 Å². The number of carbonyl (C=O) groups is 3. The van der Waals surface area contributed by atoms with Gasteiger partial charge in [0.15, 0.2) is 18.5 Å². The van der Waals surface area contributed by atoms with E-state index in [9.17, 15) is 34.8 Å². The van der Waals surface area contributed by atoms with Gasteiger partial charge in [0.2, 0.25) is 0 Å². The summed E-state index contributed by atoms with van der Waals surface area (Å²) in [6.45, 7) is 3.80. The summed E-state index contributed by atoms with van der Waals surface area (Å²) in [5.41, 5.74) is 0. The molecule has 1 aliphatic rings. The molecule has 6 unspecified atom stereocenters. The molecule has 0 spiro atoms. The van der Waals surface area contributed by atoms with E-state index in [-0.39, 0.29) is 26.1 Å². The first-order chi connectivity index (χ1) is 26.7. The van der Waals surface area contributed by atoms with Gasteiger partial charge >= 0.3 is 17.9 Å². The quantitative estimate of drug-likeness (QED) is 0.0269. The van der Waals surface area contributed by atoms with E-state index in [1.165, 1.54) is 116 Å². The number of aliphatic carboxylic acids is 1. The number of aliphatic hydroxyl groups is 3. The van der Waals surface area contributed by atoms with Crippen molar-refractivity contribution in [2.75, 3.05) is 13.2 Å². The van der Waals surface area contributed by atoms with E-state index in [1.807, 2.05) is 0 Å². The fourth-order valence-corrected chi connectivity index (χ4v) is 6.81. The van der Waals surface area contributed by atoms with E-state index < -0.39 is 54.7 Å². The number of carbonyl (C=O) groups excluding carboxylic acids is 2. The summed E-state index contributed by atoms with van der Waals surface area (Å²) in [6.07, 6.45) is 27.0. The predicted octanol–water partition coefficient (Wildman–Crippen LogP) is 9.26. The van der Waals surface area contributed by atoms with Crippen LogP contribution in [0.1, 0.15) is 200 Å². The van der Waals surface area contributed by atoms with E-state index in [2.05, 4.69) is 26.0 Å². The van der Waals surface area contributed by atoms with Gasteiger partial charge in [-0.3, -0.25) is 9.59 Å². The highest BCUT2D eigenvalue weighted by atomic mass is 16.7. The molecule has 4 N–H and O–H groups in total. The van der Waals surface area contributed by atoms with Crippen LogP contribution in [0.5, 0.6) is 0 Å². The van der Waals surface area contributed by atoms with Crippen LogP contribution >= 0.6 is 0 Å². The van der Waals surface area contributed by atoms with E-state index >= 15 is 0 Å².